The fourth-order valence-electron chi connectivity index (χ4n) is 2.14. The Morgan fingerprint density at radius 1 is 1.42 bits per heavy atom. The number of carboxylic acid groups (broad SMARTS) is 1. The molecule has 106 valence electrons. The molecule has 1 rings (SSSR count). The molecular weight excluding hydrogens is 276 g/mol. The number of aliphatic carboxylic acids is 1. The molecule has 0 aromatic rings. The van der Waals surface area contributed by atoms with Gasteiger partial charge in [0.05, 0.1) is 30.3 Å². The van der Waals surface area contributed by atoms with Gasteiger partial charge in [0, 0.05) is 0 Å². The highest BCUT2D eigenvalue weighted by molar-refractivity contribution is 7.86. The van der Waals surface area contributed by atoms with Gasteiger partial charge in [-0.05, 0) is 12.8 Å². The summed E-state index contributed by atoms with van der Waals surface area (Å²) >= 11 is 0. The molecule has 0 radical (unpaired) electrons. The minimum absolute atomic E-state index is 0.00129. The number of carbonyl (C=O) groups excluding carboxylic acids is 1. The van der Waals surface area contributed by atoms with Crippen molar-refractivity contribution in [3.63, 3.8) is 0 Å². The van der Waals surface area contributed by atoms with Crippen LogP contribution in [0.4, 0.5) is 0 Å². The van der Waals surface area contributed by atoms with Gasteiger partial charge in [-0.25, -0.2) is 0 Å². The minimum atomic E-state index is -3.70. The van der Waals surface area contributed by atoms with Crippen LogP contribution < -0.4 is 5.32 Å². The predicted molar refractivity (Wildman–Crippen MR) is 62.2 cm³/mol. The topological polar surface area (TPSA) is 134 Å². The Morgan fingerprint density at radius 2 is 2.00 bits per heavy atom. The lowest BCUT2D eigenvalue weighted by Gasteiger charge is -2.13. The van der Waals surface area contributed by atoms with Crippen molar-refractivity contribution in [2.75, 3.05) is 12.8 Å². The summed E-state index contributed by atoms with van der Waals surface area (Å²) in [6, 6.07) is 1.71. The predicted octanol–water partition coefficient (Wildman–Crippen LogP) is -0.918. The number of nitriles is 1. The molecule has 0 spiro atoms. The highest BCUT2D eigenvalue weighted by Crippen LogP contribution is 2.35. The third kappa shape index (κ3) is 4.50. The Kier molecular flexibility index (Phi) is 4.85. The lowest BCUT2D eigenvalue weighted by molar-refractivity contribution is -0.146. The standard InChI is InChI=1S/C10H14N2O6S/c1-19(16,17)18-6-4-7(8(5-6)10(14)15)9(13)12-3-2-11/h6-8H,3-5H2,1H3,(H,12,13)(H,14,15)/t6-,7+,8+/m0/s1. The molecule has 0 bridgehead atoms. The molecule has 2 N–H and O–H groups in total. The van der Waals surface area contributed by atoms with Gasteiger partial charge in [-0.2, -0.15) is 13.7 Å². The van der Waals surface area contributed by atoms with E-state index in [4.69, 9.17) is 14.6 Å². The fourth-order valence-corrected chi connectivity index (χ4v) is 2.79. The number of rotatable bonds is 5. The summed E-state index contributed by atoms with van der Waals surface area (Å²) in [5, 5.41) is 19.7. The van der Waals surface area contributed by atoms with Gasteiger partial charge >= 0.3 is 5.97 Å². The molecule has 8 nitrogen and oxygen atoms in total. The van der Waals surface area contributed by atoms with Gasteiger partial charge in [0.1, 0.15) is 6.54 Å². The smallest absolute Gasteiger partial charge is 0.307 e. The summed E-state index contributed by atoms with van der Waals surface area (Å²) in [7, 11) is -3.70. The van der Waals surface area contributed by atoms with Crippen LogP contribution in [-0.4, -0.2) is 44.3 Å². The Balaban J connectivity index is 2.76. The summed E-state index contributed by atoms with van der Waals surface area (Å²) < 4.78 is 26.7. The van der Waals surface area contributed by atoms with E-state index in [1.807, 2.05) is 0 Å². The summed E-state index contributed by atoms with van der Waals surface area (Å²) in [4.78, 5) is 22.8. The lowest BCUT2D eigenvalue weighted by Crippen LogP contribution is -2.35. The zero-order chi connectivity index (χ0) is 14.6. The van der Waals surface area contributed by atoms with Gasteiger partial charge in [-0.15, -0.1) is 0 Å². The minimum Gasteiger partial charge on any atom is -0.481 e. The normalized spacial score (nSPS) is 26.6. The van der Waals surface area contributed by atoms with E-state index in [9.17, 15) is 18.0 Å². The van der Waals surface area contributed by atoms with Crippen LogP contribution in [0.5, 0.6) is 0 Å². The molecule has 1 aliphatic rings. The molecule has 9 heteroatoms. The van der Waals surface area contributed by atoms with Crippen molar-refractivity contribution in [1.29, 1.82) is 5.26 Å². The zero-order valence-corrected chi connectivity index (χ0v) is 11.0. The number of hydrogen-bond acceptors (Lipinski definition) is 6. The number of carboxylic acids is 1. The van der Waals surface area contributed by atoms with Gasteiger partial charge in [-0.1, -0.05) is 0 Å². The molecule has 1 fully saturated rings. The average Bonchev–Trinajstić information content (AvgIpc) is 2.67. The number of hydrogen-bond donors (Lipinski definition) is 2. The van der Waals surface area contributed by atoms with Crippen LogP contribution in [0.3, 0.4) is 0 Å². The van der Waals surface area contributed by atoms with E-state index in [2.05, 4.69) is 5.32 Å². The zero-order valence-electron chi connectivity index (χ0n) is 10.2. The van der Waals surface area contributed by atoms with E-state index in [0.717, 1.165) is 6.26 Å². The summed E-state index contributed by atoms with van der Waals surface area (Å²) in [5.74, 6) is -3.66. The molecule has 19 heavy (non-hydrogen) atoms. The van der Waals surface area contributed by atoms with Crippen LogP contribution in [-0.2, 0) is 23.9 Å². The SMILES string of the molecule is CS(=O)(=O)O[C@@H]1C[C@@H](C(=O)O)[C@H](C(=O)NCC#N)C1. The second-order valence-corrected chi connectivity index (χ2v) is 5.92. The van der Waals surface area contributed by atoms with E-state index in [1.54, 1.807) is 6.07 Å². The van der Waals surface area contributed by atoms with Crippen LogP contribution in [0.1, 0.15) is 12.8 Å². The Labute approximate surface area is 110 Å². The van der Waals surface area contributed by atoms with E-state index in [-0.39, 0.29) is 19.4 Å². The van der Waals surface area contributed by atoms with Crippen molar-refractivity contribution < 1.29 is 27.3 Å². The van der Waals surface area contributed by atoms with Crippen LogP contribution >= 0.6 is 0 Å². The lowest BCUT2D eigenvalue weighted by atomic mass is 9.95. The van der Waals surface area contributed by atoms with Gasteiger partial charge in [-0.3, -0.25) is 13.8 Å². The monoisotopic (exact) mass is 290 g/mol. The quantitative estimate of drug-likeness (QED) is 0.494. The third-order valence-electron chi connectivity index (χ3n) is 2.83. The van der Waals surface area contributed by atoms with Crippen LogP contribution in [0.25, 0.3) is 0 Å². The molecule has 0 aliphatic heterocycles. The summed E-state index contributed by atoms with van der Waals surface area (Å²) in [5.41, 5.74) is 0. The summed E-state index contributed by atoms with van der Waals surface area (Å²) in [6.45, 7) is -0.223. The average molecular weight is 290 g/mol. The number of carbonyl (C=O) groups is 2. The van der Waals surface area contributed by atoms with Crippen molar-refractivity contribution in [2.24, 2.45) is 11.8 Å². The first kappa shape index (κ1) is 15.4. The number of amides is 1. The third-order valence-corrected chi connectivity index (χ3v) is 3.45. The molecule has 0 aromatic heterocycles. The summed E-state index contributed by atoms with van der Waals surface area (Å²) in [6.07, 6.45) is -0.00542. The Bertz CT molecular complexity index is 509. The Hall–Kier alpha value is -1.66. The highest BCUT2D eigenvalue weighted by atomic mass is 32.2. The van der Waals surface area contributed by atoms with E-state index in [0.29, 0.717) is 0 Å². The Morgan fingerprint density at radius 3 is 2.47 bits per heavy atom. The highest BCUT2D eigenvalue weighted by Gasteiger charge is 2.44. The second kappa shape index (κ2) is 5.99. The molecule has 0 saturated heterocycles. The maximum Gasteiger partial charge on any atom is 0.307 e. The van der Waals surface area contributed by atoms with Gasteiger partial charge < -0.3 is 10.4 Å². The van der Waals surface area contributed by atoms with Crippen molar-refractivity contribution in [3.8, 4) is 6.07 Å². The van der Waals surface area contributed by atoms with Crippen molar-refractivity contribution in [1.82, 2.24) is 5.32 Å². The van der Waals surface area contributed by atoms with Crippen LogP contribution in [0.15, 0.2) is 0 Å². The molecule has 0 aromatic carbocycles. The number of nitrogens with one attached hydrogen (secondary N) is 1. The van der Waals surface area contributed by atoms with Crippen LogP contribution in [0.2, 0.25) is 0 Å². The molecule has 1 amide bonds. The van der Waals surface area contributed by atoms with E-state index in [1.165, 1.54) is 0 Å². The molecule has 3 atom stereocenters. The molecule has 1 saturated carbocycles. The first-order chi connectivity index (χ1) is 8.74. The van der Waals surface area contributed by atoms with E-state index >= 15 is 0 Å². The van der Waals surface area contributed by atoms with Crippen molar-refractivity contribution >= 4 is 22.0 Å². The van der Waals surface area contributed by atoms with Gasteiger partial charge in [0.2, 0.25) is 5.91 Å². The van der Waals surface area contributed by atoms with Crippen molar-refractivity contribution in [2.45, 2.75) is 18.9 Å². The first-order valence-electron chi connectivity index (χ1n) is 5.50. The van der Waals surface area contributed by atoms with E-state index < -0.39 is 39.9 Å². The van der Waals surface area contributed by atoms with Gasteiger partial charge in [0.15, 0.2) is 0 Å². The van der Waals surface area contributed by atoms with Crippen LogP contribution in [0, 0.1) is 23.2 Å². The molecule has 0 heterocycles. The maximum absolute atomic E-state index is 11.7. The largest absolute Gasteiger partial charge is 0.481 e. The molecule has 0 unspecified atom stereocenters. The maximum atomic E-state index is 11.7. The van der Waals surface area contributed by atoms with Gasteiger partial charge in [0.25, 0.3) is 10.1 Å². The number of nitrogens with zero attached hydrogens (tertiary/aromatic N) is 1. The molecule has 1 aliphatic carbocycles. The first-order valence-corrected chi connectivity index (χ1v) is 7.32. The molecular formula is C10H14N2O6S. The fraction of sp³-hybridized carbons (Fsp3) is 0.700. The second-order valence-electron chi connectivity index (χ2n) is 4.32. The van der Waals surface area contributed by atoms with Crippen molar-refractivity contribution in [3.05, 3.63) is 0 Å².